The number of fused-ring (bicyclic) bond motifs is 1. The summed E-state index contributed by atoms with van der Waals surface area (Å²) in [6.45, 7) is 4.07. The minimum absolute atomic E-state index is 0.258. The van der Waals surface area contributed by atoms with Crippen LogP contribution in [0.5, 0.6) is 0 Å². The van der Waals surface area contributed by atoms with Crippen LogP contribution in [0, 0.1) is 11.3 Å². The lowest BCUT2D eigenvalue weighted by Gasteiger charge is -2.04. The Bertz CT molecular complexity index is 504. The molecule has 2 aromatic rings. The lowest BCUT2D eigenvalue weighted by Crippen LogP contribution is -2.02. The molecule has 14 heavy (non-hydrogen) atoms. The third-order valence-corrected chi connectivity index (χ3v) is 2.09. The largest absolute Gasteiger partial charge is 0.242 e. The molecule has 1 aromatic heterocycles. The third kappa shape index (κ3) is 1.23. The molecule has 0 aliphatic carbocycles. The van der Waals surface area contributed by atoms with Gasteiger partial charge in [0.2, 0.25) is 0 Å². The highest BCUT2D eigenvalue weighted by Crippen LogP contribution is 2.16. The van der Waals surface area contributed by atoms with Gasteiger partial charge in [0.15, 0.2) is 0 Å². The second kappa shape index (κ2) is 3.11. The third-order valence-electron chi connectivity index (χ3n) is 2.09. The van der Waals surface area contributed by atoms with Crippen molar-refractivity contribution in [1.29, 1.82) is 5.26 Å². The highest BCUT2D eigenvalue weighted by atomic mass is 15.4. The van der Waals surface area contributed by atoms with Crippen molar-refractivity contribution in [3.63, 3.8) is 0 Å². The van der Waals surface area contributed by atoms with E-state index in [1.54, 1.807) is 6.07 Å². The van der Waals surface area contributed by atoms with Crippen molar-refractivity contribution in [2.24, 2.45) is 0 Å². The first kappa shape index (κ1) is 8.70. The molecule has 1 heterocycles. The molecule has 0 saturated carbocycles. The van der Waals surface area contributed by atoms with E-state index in [9.17, 15) is 0 Å². The lowest BCUT2D eigenvalue weighted by molar-refractivity contribution is 0.530. The highest BCUT2D eigenvalue weighted by Gasteiger charge is 2.07. The average Bonchev–Trinajstić information content (AvgIpc) is 2.59. The maximum Gasteiger partial charge on any atom is 0.113 e. The fourth-order valence-corrected chi connectivity index (χ4v) is 1.39. The molecule has 2 rings (SSSR count). The van der Waals surface area contributed by atoms with Crippen LogP contribution in [0.25, 0.3) is 11.0 Å². The number of nitrogens with zero attached hydrogens (tertiary/aromatic N) is 4. The zero-order valence-electron chi connectivity index (χ0n) is 8.10. The Morgan fingerprint density at radius 2 is 2.21 bits per heavy atom. The van der Waals surface area contributed by atoms with E-state index in [1.165, 1.54) is 0 Å². The van der Waals surface area contributed by atoms with Gasteiger partial charge in [-0.1, -0.05) is 5.21 Å². The Morgan fingerprint density at radius 1 is 1.43 bits per heavy atom. The van der Waals surface area contributed by atoms with Crippen LogP contribution >= 0.6 is 0 Å². The predicted octanol–water partition coefficient (Wildman–Crippen LogP) is 1.88. The molecule has 0 radical (unpaired) electrons. The van der Waals surface area contributed by atoms with E-state index in [2.05, 4.69) is 16.4 Å². The number of benzene rings is 1. The monoisotopic (exact) mass is 186 g/mol. The van der Waals surface area contributed by atoms with Crippen molar-refractivity contribution in [3.8, 4) is 6.07 Å². The first-order chi connectivity index (χ1) is 6.72. The van der Waals surface area contributed by atoms with Crippen LogP contribution in [0.4, 0.5) is 0 Å². The highest BCUT2D eigenvalue weighted by molar-refractivity contribution is 5.76. The van der Waals surface area contributed by atoms with Crippen molar-refractivity contribution in [2.45, 2.75) is 19.9 Å². The van der Waals surface area contributed by atoms with Crippen molar-refractivity contribution >= 4 is 11.0 Å². The van der Waals surface area contributed by atoms with Gasteiger partial charge in [-0.05, 0) is 32.0 Å². The van der Waals surface area contributed by atoms with E-state index in [1.807, 2.05) is 30.7 Å². The Kier molecular flexibility index (Phi) is 1.93. The summed E-state index contributed by atoms with van der Waals surface area (Å²) in [6.07, 6.45) is 0. The van der Waals surface area contributed by atoms with Crippen LogP contribution < -0.4 is 0 Å². The zero-order chi connectivity index (χ0) is 10.1. The molecule has 0 saturated heterocycles. The quantitative estimate of drug-likeness (QED) is 0.683. The van der Waals surface area contributed by atoms with Crippen LogP contribution in [0.2, 0.25) is 0 Å². The topological polar surface area (TPSA) is 54.5 Å². The van der Waals surface area contributed by atoms with Gasteiger partial charge >= 0.3 is 0 Å². The van der Waals surface area contributed by atoms with E-state index in [-0.39, 0.29) is 6.04 Å². The molecule has 0 spiro atoms. The fourth-order valence-electron chi connectivity index (χ4n) is 1.39. The lowest BCUT2D eigenvalue weighted by atomic mass is 10.2. The predicted molar refractivity (Wildman–Crippen MR) is 52.6 cm³/mol. The Morgan fingerprint density at radius 3 is 2.86 bits per heavy atom. The van der Waals surface area contributed by atoms with E-state index in [0.29, 0.717) is 5.56 Å². The molecule has 0 N–H and O–H groups in total. The molecule has 4 nitrogen and oxygen atoms in total. The van der Waals surface area contributed by atoms with Gasteiger partial charge in [0, 0.05) is 6.04 Å². The molecule has 0 unspecified atom stereocenters. The molecule has 0 aliphatic heterocycles. The minimum atomic E-state index is 0.258. The summed E-state index contributed by atoms with van der Waals surface area (Å²) >= 11 is 0. The van der Waals surface area contributed by atoms with E-state index in [0.717, 1.165) is 11.0 Å². The number of hydrogen-bond donors (Lipinski definition) is 0. The van der Waals surface area contributed by atoms with E-state index < -0.39 is 0 Å². The summed E-state index contributed by atoms with van der Waals surface area (Å²) in [5, 5.41) is 16.8. The van der Waals surface area contributed by atoms with Crippen LogP contribution in [-0.4, -0.2) is 15.0 Å². The smallest absolute Gasteiger partial charge is 0.113 e. The standard InChI is InChI=1S/C10H10N4/c1-7(2)14-10-5-8(6-11)3-4-9(10)12-13-14/h3-5,7H,1-2H3. The number of nitriles is 1. The molecule has 0 bridgehead atoms. The number of rotatable bonds is 1. The van der Waals surface area contributed by atoms with Gasteiger partial charge in [0.25, 0.3) is 0 Å². The zero-order valence-corrected chi connectivity index (χ0v) is 8.10. The van der Waals surface area contributed by atoms with Crippen molar-refractivity contribution in [1.82, 2.24) is 15.0 Å². The summed E-state index contributed by atoms with van der Waals surface area (Å²) in [5.74, 6) is 0. The first-order valence-electron chi connectivity index (χ1n) is 4.47. The molecular formula is C10H10N4. The molecule has 1 aromatic carbocycles. The Labute approximate surface area is 81.8 Å². The maximum absolute atomic E-state index is 8.76. The summed E-state index contributed by atoms with van der Waals surface area (Å²) < 4.78 is 1.82. The summed E-state index contributed by atoms with van der Waals surface area (Å²) in [6, 6.07) is 7.75. The molecule has 0 amide bonds. The average molecular weight is 186 g/mol. The Hall–Kier alpha value is -1.89. The van der Waals surface area contributed by atoms with Gasteiger partial charge in [0.1, 0.15) is 5.52 Å². The number of aromatic nitrogens is 3. The van der Waals surface area contributed by atoms with Crippen molar-refractivity contribution in [3.05, 3.63) is 23.8 Å². The van der Waals surface area contributed by atoms with Crippen molar-refractivity contribution in [2.75, 3.05) is 0 Å². The normalized spacial score (nSPS) is 10.7. The molecule has 0 aliphatic rings. The second-order valence-corrected chi connectivity index (χ2v) is 3.44. The minimum Gasteiger partial charge on any atom is -0.242 e. The summed E-state index contributed by atoms with van der Waals surface area (Å²) in [4.78, 5) is 0. The second-order valence-electron chi connectivity index (χ2n) is 3.44. The van der Waals surface area contributed by atoms with Gasteiger partial charge in [-0.3, -0.25) is 0 Å². The molecule has 4 heteroatoms. The summed E-state index contributed by atoms with van der Waals surface area (Å²) in [5.41, 5.74) is 2.39. The van der Waals surface area contributed by atoms with Gasteiger partial charge in [-0.15, -0.1) is 5.10 Å². The van der Waals surface area contributed by atoms with Crippen LogP contribution in [0.3, 0.4) is 0 Å². The van der Waals surface area contributed by atoms with Gasteiger partial charge in [-0.25, -0.2) is 4.68 Å². The molecule has 0 atom stereocenters. The van der Waals surface area contributed by atoms with Gasteiger partial charge < -0.3 is 0 Å². The van der Waals surface area contributed by atoms with Crippen LogP contribution in [0.1, 0.15) is 25.5 Å². The van der Waals surface area contributed by atoms with Crippen LogP contribution in [-0.2, 0) is 0 Å². The van der Waals surface area contributed by atoms with Crippen molar-refractivity contribution < 1.29 is 0 Å². The Balaban J connectivity index is 2.71. The maximum atomic E-state index is 8.76. The van der Waals surface area contributed by atoms with E-state index in [4.69, 9.17) is 5.26 Å². The summed E-state index contributed by atoms with van der Waals surface area (Å²) in [7, 11) is 0. The SMILES string of the molecule is CC(C)n1nnc2ccc(C#N)cc21. The van der Waals surface area contributed by atoms with Gasteiger partial charge in [0.05, 0.1) is 17.1 Å². The molecular weight excluding hydrogens is 176 g/mol. The van der Waals surface area contributed by atoms with Crippen LogP contribution in [0.15, 0.2) is 18.2 Å². The van der Waals surface area contributed by atoms with E-state index >= 15 is 0 Å². The molecule has 70 valence electrons. The number of hydrogen-bond acceptors (Lipinski definition) is 3. The fraction of sp³-hybridized carbons (Fsp3) is 0.300. The van der Waals surface area contributed by atoms with Gasteiger partial charge in [-0.2, -0.15) is 5.26 Å². The molecule has 0 fully saturated rings. The first-order valence-corrected chi connectivity index (χ1v) is 4.47.